The van der Waals surface area contributed by atoms with Gasteiger partial charge in [-0.15, -0.1) is 0 Å². The molecule has 4 rings (SSSR count). The van der Waals surface area contributed by atoms with Crippen LogP contribution in [0, 0.1) is 6.92 Å². The SMILES string of the molecule is Cc1onc(-c2ccccc2Cl)c1C(=O)NCCn1ccc(-c2ccccn2)n1. The van der Waals surface area contributed by atoms with Gasteiger partial charge in [0.05, 0.1) is 17.3 Å². The molecule has 0 fully saturated rings. The van der Waals surface area contributed by atoms with Crippen LogP contribution in [0.15, 0.2) is 65.4 Å². The predicted molar refractivity (Wildman–Crippen MR) is 109 cm³/mol. The minimum absolute atomic E-state index is 0.268. The number of carbonyl (C=O) groups excluding carboxylic acids is 1. The number of hydrogen-bond donors (Lipinski definition) is 1. The normalized spacial score (nSPS) is 10.8. The molecule has 3 aromatic heterocycles. The first-order valence-electron chi connectivity index (χ1n) is 9.07. The summed E-state index contributed by atoms with van der Waals surface area (Å²) in [5, 5.41) is 11.9. The summed E-state index contributed by atoms with van der Waals surface area (Å²) in [5.74, 6) is 0.171. The molecular formula is C21H18ClN5O2. The second kappa shape index (κ2) is 8.28. The summed E-state index contributed by atoms with van der Waals surface area (Å²) >= 11 is 6.25. The molecule has 0 spiro atoms. The maximum absolute atomic E-state index is 12.8. The molecule has 1 amide bonds. The average Bonchev–Trinajstić information content (AvgIpc) is 3.36. The van der Waals surface area contributed by atoms with Gasteiger partial charge < -0.3 is 9.84 Å². The number of aryl methyl sites for hydroxylation is 1. The minimum Gasteiger partial charge on any atom is -0.360 e. The van der Waals surface area contributed by atoms with Crippen LogP contribution in [-0.4, -0.2) is 32.4 Å². The third-order valence-electron chi connectivity index (χ3n) is 4.41. The minimum atomic E-state index is -0.268. The summed E-state index contributed by atoms with van der Waals surface area (Å²) in [4.78, 5) is 17.0. The topological polar surface area (TPSA) is 85.8 Å². The fourth-order valence-corrected chi connectivity index (χ4v) is 3.21. The van der Waals surface area contributed by atoms with E-state index in [2.05, 4.69) is 20.6 Å². The molecule has 3 heterocycles. The molecule has 0 aliphatic carbocycles. The Hall–Kier alpha value is -3.45. The van der Waals surface area contributed by atoms with E-state index in [1.807, 2.05) is 42.6 Å². The highest BCUT2D eigenvalue weighted by Crippen LogP contribution is 2.30. The van der Waals surface area contributed by atoms with E-state index in [-0.39, 0.29) is 5.91 Å². The van der Waals surface area contributed by atoms with Crippen LogP contribution in [0.25, 0.3) is 22.6 Å². The summed E-state index contributed by atoms with van der Waals surface area (Å²) in [6, 6.07) is 14.8. The molecule has 0 aliphatic rings. The highest BCUT2D eigenvalue weighted by Gasteiger charge is 2.22. The molecule has 0 saturated heterocycles. The molecule has 0 bridgehead atoms. The zero-order valence-corrected chi connectivity index (χ0v) is 16.4. The lowest BCUT2D eigenvalue weighted by Crippen LogP contribution is -2.28. The van der Waals surface area contributed by atoms with E-state index in [0.29, 0.717) is 40.7 Å². The van der Waals surface area contributed by atoms with Crippen LogP contribution < -0.4 is 5.32 Å². The largest absolute Gasteiger partial charge is 0.360 e. The summed E-state index contributed by atoms with van der Waals surface area (Å²) in [5.41, 5.74) is 3.06. The first-order valence-corrected chi connectivity index (χ1v) is 9.45. The molecule has 0 saturated carbocycles. The number of benzene rings is 1. The zero-order valence-electron chi connectivity index (χ0n) is 15.7. The van der Waals surface area contributed by atoms with Crippen molar-refractivity contribution >= 4 is 17.5 Å². The monoisotopic (exact) mass is 407 g/mol. The van der Waals surface area contributed by atoms with Crippen molar-refractivity contribution in [3.63, 3.8) is 0 Å². The number of nitrogens with one attached hydrogen (secondary N) is 1. The maximum Gasteiger partial charge on any atom is 0.257 e. The molecule has 29 heavy (non-hydrogen) atoms. The van der Waals surface area contributed by atoms with Crippen molar-refractivity contribution in [1.82, 2.24) is 25.2 Å². The quantitative estimate of drug-likeness (QED) is 0.522. The Balaban J connectivity index is 1.43. The van der Waals surface area contributed by atoms with E-state index in [4.69, 9.17) is 16.1 Å². The van der Waals surface area contributed by atoms with Crippen molar-refractivity contribution in [3.8, 4) is 22.6 Å². The summed E-state index contributed by atoms with van der Waals surface area (Å²) in [6.07, 6.45) is 3.59. The molecule has 0 unspecified atom stereocenters. The van der Waals surface area contributed by atoms with E-state index in [9.17, 15) is 4.79 Å². The summed E-state index contributed by atoms with van der Waals surface area (Å²) in [6.45, 7) is 2.62. The number of carbonyl (C=O) groups is 1. The predicted octanol–water partition coefficient (Wildman–Crippen LogP) is 3.99. The standard InChI is InChI=1S/C21H18ClN5O2/c1-14-19(20(26-29-14)15-6-2-3-7-16(15)22)21(28)24-11-13-27-12-9-18(25-27)17-8-4-5-10-23-17/h2-10,12H,11,13H2,1H3,(H,24,28). The number of rotatable bonds is 6. The summed E-state index contributed by atoms with van der Waals surface area (Å²) in [7, 11) is 0. The number of nitrogens with zero attached hydrogens (tertiary/aromatic N) is 4. The smallest absolute Gasteiger partial charge is 0.257 e. The van der Waals surface area contributed by atoms with Crippen molar-refractivity contribution in [2.75, 3.05) is 6.54 Å². The fourth-order valence-electron chi connectivity index (χ4n) is 2.99. The van der Waals surface area contributed by atoms with Gasteiger partial charge in [0.1, 0.15) is 22.7 Å². The fraction of sp³-hybridized carbons (Fsp3) is 0.143. The average molecular weight is 408 g/mol. The first-order chi connectivity index (χ1) is 14.1. The zero-order chi connectivity index (χ0) is 20.2. The summed E-state index contributed by atoms with van der Waals surface area (Å²) < 4.78 is 7.01. The van der Waals surface area contributed by atoms with Crippen LogP contribution in [0.5, 0.6) is 0 Å². The molecule has 1 N–H and O–H groups in total. The van der Waals surface area contributed by atoms with E-state index in [1.165, 1.54) is 0 Å². The Kier molecular flexibility index (Phi) is 5.39. The first kappa shape index (κ1) is 18.9. The number of pyridine rings is 1. The lowest BCUT2D eigenvalue weighted by molar-refractivity contribution is 0.0951. The second-order valence-electron chi connectivity index (χ2n) is 6.38. The molecule has 0 aliphatic heterocycles. The highest BCUT2D eigenvalue weighted by molar-refractivity contribution is 6.33. The third kappa shape index (κ3) is 4.05. The van der Waals surface area contributed by atoms with Gasteiger partial charge in [-0.05, 0) is 31.2 Å². The van der Waals surface area contributed by atoms with Crippen molar-refractivity contribution < 1.29 is 9.32 Å². The van der Waals surface area contributed by atoms with Gasteiger partial charge in [-0.3, -0.25) is 14.5 Å². The van der Waals surface area contributed by atoms with E-state index in [0.717, 1.165) is 11.4 Å². The molecule has 146 valence electrons. The van der Waals surface area contributed by atoms with Gasteiger partial charge in [0.2, 0.25) is 0 Å². The van der Waals surface area contributed by atoms with Crippen molar-refractivity contribution in [1.29, 1.82) is 0 Å². The van der Waals surface area contributed by atoms with Gasteiger partial charge in [-0.2, -0.15) is 5.10 Å². The third-order valence-corrected chi connectivity index (χ3v) is 4.74. The molecular weight excluding hydrogens is 390 g/mol. The second-order valence-corrected chi connectivity index (χ2v) is 6.78. The molecule has 0 radical (unpaired) electrons. The lowest BCUT2D eigenvalue weighted by atomic mass is 10.1. The molecule has 8 heteroatoms. The number of aromatic nitrogens is 4. The van der Waals surface area contributed by atoms with Gasteiger partial charge in [-0.25, -0.2) is 0 Å². The van der Waals surface area contributed by atoms with Crippen LogP contribution in [0.4, 0.5) is 0 Å². The van der Waals surface area contributed by atoms with Crippen molar-refractivity contribution in [3.05, 3.63) is 77.3 Å². The number of amides is 1. The highest BCUT2D eigenvalue weighted by atomic mass is 35.5. The molecule has 1 aromatic carbocycles. The van der Waals surface area contributed by atoms with Crippen LogP contribution in [0.2, 0.25) is 5.02 Å². The number of halogens is 1. The van der Waals surface area contributed by atoms with Crippen molar-refractivity contribution in [2.24, 2.45) is 0 Å². The maximum atomic E-state index is 12.8. The van der Waals surface area contributed by atoms with E-state index in [1.54, 1.807) is 29.9 Å². The van der Waals surface area contributed by atoms with Gasteiger partial charge >= 0.3 is 0 Å². The molecule has 0 atom stereocenters. The Bertz CT molecular complexity index is 1140. The van der Waals surface area contributed by atoms with Crippen LogP contribution >= 0.6 is 11.6 Å². The van der Waals surface area contributed by atoms with Crippen molar-refractivity contribution in [2.45, 2.75) is 13.5 Å². The Morgan fingerprint density at radius 1 is 1.14 bits per heavy atom. The van der Waals surface area contributed by atoms with Crippen LogP contribution in [0.1, 0.15) is 16.1 Å². The van der Waals surface area contributed by atoms with E-state index < -0.39 is 0 Å². The van der Waals surface area contributed by atoms with Gasteiger partial charge in [-0.1, -0.05) is 41.0 Å². The Morgan fingerprint density at radius 3 is 2.76 bits per heavy atom. The lowest BCUT2D eigenvalue weighted by Gasteiger charge is -2.07. The van der Waals surface area contributed by atoms with Gasteiger partial charge in [0.15, 0.2) is 0 Å². The number of hydrogen-bond acceptors (Lipinski definition) is 5. The molecule has 4 aromatic rings. The van der Waals surface area contributed by atoms with Gasteiger partial charge in [0, 0.05) is 24.5 Å². The van der Waals surface area contributed by atoms with Crippen LogP contribution in [0.3, 0.4) is 0 Å². The Labute approximate surface area is 172 Å². The Morgan fingerprint density at radius 2 is 1.97 bits per heavy atom. The van der Waals surface area contributed by atoms with E-state index >= 15 is 0 Å². The molecule has 7 nitrogen and oxygen atoms in total. The van der Waals surface area contributed by atoms with Crippen LogP contribution in [-0.2, 0) is 6.54 Å². The van der Waals surface area contributed by atoms with Gasteiger partial charge in [0.25, 0.3) is 5.91 Å².